The van der Waals surface area contributed by atoms with Crippen molar-refractivity contribution in [2.75, 3.05) is 0 Å². The molecule has 1 heterocycles. The molecule has 18 heavy (non-hydrogen) atoms. The minimum absolute atomic E-state index is 0.133. The minimum atomic E-state index is 0.133. The lowest BCUT2D eigenvalue weighted by molar-refractivity contribution is 0.0621. The summed E-state index contributed by atoms with van der Waals surface area (Å²) in [5.41, 5.74) is 0.980. The SMILES string of the molecule is CC(c1cc(O)cc(O)c1)N1[C@H](C)CCC[C@@H]1C. The lowest BCUT2D eigenvalue weighted by Crippen LogP contribution is -2.45. The molecule has 1 unspecified atom stereocenters. The molecule has 3 atom stereocenters. The summed E-state index contributed by atoms with van der Waals surface area (Å²) >= 11 is 0. The quantitative estimate of drug-likeness (QED) is 0.844. The summed E-state index contributed by atoms with van der Waals surface area (Å²) in [7, 11) is 0. The van der Waals surface area contributed by atoms with Crippen LogP contribution in [-0.4, -0.2) is 27.2 Å². The number of aromatic hydroxyl groups is 2. The van der Waals surface area contributed by atoms with Crippen LogP contribution in [0.1, 0.15) is 51.6 Å². The Morgan fingerprint density at radius 3 is 2.06 bits per heavy atom. The maximum absolute atomic E-state index is 9.59. The van der Waals surface area contributed by atoms with E-state index >= 15 is 0 Å². The summed E-state index contributed by atoms with van der Waals surface area (Å²) in [6.45, 7) is 6.66. The summed E-state index contributed by atoms with van der Waals surface area (Å²) < 4.78 is 0. The highest BCUT2D eigenvalue weighted by Crippen LogP contribution is 2.34. The molecule has 1 fully saturated rings. The lowest BCUT2D eigenvalue weighted by atomic mass is 9.93. The fraction of sp³-hybridized carbons (Fsp3) is 0.600. The second kappa shape index (κ2) is 5.19. The Labute approximate surface area is 109 Å². The zero-order valence-electron chi connectivity index (χ0n) is 11.4. The second-order valence-electron chi connectivity index (χ2n) is 5.53. The van der Waals surface area contributed by atoms with Crippen molar-refractivity contribution in [3.8, 4) is 11.5 Å². The predicted molar refractivity (Wildman–Crippen MR) is 72.8 cm³/mol. The van der Waals surface area contributed by atoms with Crippen LogP contribution in [0.3, 0.4) is 0 Å². The summed E-state index contributed by atoms with van der Waals surface area (Å²) in [6, 6.07) is 6.19. The van der Waals surface area contributed by atoms with Crippen molar-refractivity contribution >= 4 is 0 Å². The van der Waals surface area contributed by atoms with E-state index in [1.54, 1.807) is 12.1 Å². The molecule has 0 bridgehead atoms. The first-order chi connectivity index (χ1) is 8.49. The highest BCUT2D eigenvalue weighted by atomic mass is 16.3. The fourth-order valence-electron chi connectivity index (χ4n) is 3.24. The molecule has 1 saturated heterocycles. The molecule has 0 amide bonds. The number of rotatable bonds is 2. The maximum atomic E-state index is 9.59. The van der Waals surface area contributed by atoms with Gasteiger partial charge in [-0.05, 0) is 51.3 Å². The van der Waals surface area contributed by atoms with Gasteiger partial charge in [-0.25, -0.2) is 0 Å². The summed E-state index contributed by atoms with van der Waals surface area (Å²) in [6.07, 6.45) is 3.73. The number of phenols is 2. The number of nitrogens with zero attached hydrogens (tertiary/aromatic N) is 1. The van der Waals surface area contributed by atoms with Gasteiger partial charge in [0.2, 0.25) is 0 Å². The highest BCUT2D eigenvalue weighted by Gasteiger charge is 2.29. The van der Waals surface area contributed by atoms with Crippen molar-refractivity contribution in [2.24, 2.45) is 0 Å². The zero-order chi connectivity index (χ0) is 13.3. The highest BCUT2D eigenvalue weighted by molar-refractivity contribution is 5.38. The van der Waals surface area contributed by atoms with Gasteiger partial charge in [-0.3, -0.25) is 4.90 Å². The van der Waals surface area contributed by atoms with Crippen LogP contribution in [0.4, 0.5) is 0 Å². The first-order valence-electron chi connectivity index (χ1n) is 6.79. The normalized spacial score (nSPS) is 27.1. The first-order valence-corrected chi connectivity index (χ1v) is 6.79. The lowest BCUT2D eigenvalue weighted by Gasteiger charge is -2.43. The number of hydrogen-bond donors (Lipinski definition) is 2. The molecule has 0 saturated carbocycles. The Morgan fingerprint density at radius 1 is 1.06 bits per heavy atom. The first kappa shape index (κ1) is 13.2. The Hall–Kier alpha value is -1.22. The van der Waals surface area contributed by atoms with Gasteiger partial charge in [-0.1, -0.05) is 6.42 Å². The molecule has 2 rings (SSSR count). The van der Waals surface area contributed by atoms with Crippen LogP contribution in [0.15, 0.2) is 18.2 Å². The molecule has 0 radical (unpaired) electrons. The summed E-state index contributed by atoms with van der Waals surface area (Å²) in [4.78, 5) is 2.48. The van der Waals surface area contributed by atoms with Gasteiger partial charge in [0.15, 0.2) is 0 Å². The number of hydrogen-bond acceptors (Lipinski definition) is 3. The van der Waals surface area contributed by atoms with Crippen LogP contribution in [0.2, 0.25) is 0 Å². The molecular weight excluding hydrogens is 226 g/mol. The van der Waals surface area contributed by atoms with Crippen molar-refractivity contribution in [3.63, 3.8) is 0 Å². The number of piperidine rings is 1. The van der Waals surface area contributed by atoms with E-state index in [1.165, 1.54) is 25.3 Å². The van der Waals surface area contributed by atoms with E-state index in [0.717, 1.165) is 5.56 Å². The number of benzene rings is 1. The van der Waals surface area contributed by atoms with Crippen molar-refractivity contribution < 1.29 is 10.2 Å². The maximum Gasteiger partial charge on any atom is 0.119 e. The van der Waals surface area contributed by atoms with Crippen LogP contribution in [0, 0.1) is 0 Å². The largest absolute Gasteiger partial charge is 0.508 e. The fourth-order valence-corrected chi connectivity index (χ4v) is 3.24. The van der Waals surface area contributed by atoms with Crippen molar-refractivity contribution in [1.29, 1.82) is 0 Å². The molecule has 100 valence electrons. The zero-order valence-corrected chi connectivity index (χ0v) is 11.4. The standard InChI is InChI=1S/C15H23NO2/c1-10-5-4-6-11(2)16(10)12(3)13-7-14(17)9-15(18)8-13/h7-12,17-18H,4-6H2,1-3H3/t10-,11+,12?. The van der Waals surface area contributed by atoms with Crippen LogP contribution < -0.4 is 0 Å². The van der Waals surface area contributed by atoms with Gasteiger partial charge in [0.25, 0.3) is 0 Å². The Bertz CT molecular complexity index is 389. The summed E-state index contributed by atoms with van der Waals surface area (Å²) in [5, 5.41) is 19.2. The Balaban J connectivity index is 2.26. The van der Waals surface area contributed by atoms with E-state index < -0.39 is 0 Å². The summed E-state index contributed by atoms with van der Waals surface area (Å²) in [5.74, 6) is 0.267. The van der Waals surface area contributed by atoms with Crippen LogP contribution >= 0.6 is 0 Å². The number of likely N-dealkylation sites (tertiary alicyclic amines) is 1. The molecule has 0 aliphatic carbocycles. The van der Waals surface area contributed by atoms with E-state index in [1.807, 2.05) is 0 Å². The van der Waals surface area contributed by atoms with Gasteiger partial charge in [-0.2, -0.15) is 0 Å². The predicted octanol–water partition coefficient (Wildman–Crippen LogP) is 3.42. The third kappa shape index (κ3) is 2.61. The molecule has 1 aromatic rings. The van der Waals surface area contributed by atoms with E-state index in [0.29, 0.717) is 12.1 Å². The van der Waals surface area contributed by atoms with Gasteiger partial charge in [0.1, 0.15) is 11.5 Å². The Kier molecular flexibility index (Phi) is 3.81. The van der Waals surface area contributed by atoms with E-state index in [4.69, 9.17) is 0 Å². The van der Waals surface area contributed by atoms with Gasteiger partial charge < -0.3 is 10.2 Å². The third-order valence-electron chi connectivity index (χ3n) is 4.12. The molecule has 0 spiro atoms. The smallest absolute Gasteiger partial charge is 0.119 e. The van der Waals surface area contributed by atoms with Crippen molar-refractivity contribution in [1.82, 2.24) is 4.90 Å². The van der Waals surface area contributed by atoms with E-state index in [-0.39, 0.29) is 17.5 Å². The monoisotopic (exact) mass is 249 g/mol. The van der Waals surface area contributed by atoms with Gasteiger partial charge in [0.05, 0.1) is 0 Å². The molecule has 0 aromatic heterocycles. The molecule has 3 nitrogen and oxygen atoms in total. The molecule has 1 aliphatic heterocycles. The van der Waals surface area contributed by atoms with Gasteiger partial charge in [0, 0.05) is 24.2 Å². The molecule has 1 aromatic carbocycles. The average molecular weight is 249 g/mol. The minimum Gasteiger partial charge on any atom is -0.508 e. The van der Waals surface area contributed by atoms with Crippen LogP contribution in [-0.2, 0) is 0 Å². The van der Waals surface area contributed by atoms with Gasteiger partial charge >= 0.3 is 0 Å². The van der Waals surface area contributed by atoms with Crippen molar-refractivity contribution in [2.45, 2.75) is 58.2 Å². The molecule has 2 N–H and O–H groups in total. The van der Waals surface area contributed by atoms with Crippen molar-refractivity contribution in [3.05, 3.63) is 23.8 Å². The topological polar surface area (TPSA) is 43.7 Å². The second-order valence-corrected chi connectivity index (χ2v) is 5.53. The van der Waals surface area contributed by atoms with Crippen LogP contribution in [0.5, 0.6) is 11.5 Å². The number of phenolic OH excluding ortho intramolecular Hbond substituents is 2. The molecule has 1 aliphatic rings. The van der Waals surface area contributed by atoms with E-state index in [9.17, 15) is 10.2 Å². The van der Waals surface area contributed by atoms with E-state index in [2.05, 4.69) is 25.7 Å². The van der Waals surface area contributed by atoms with Crippen LogP contribution in [0.25, 0.3) is 0 Å². The van der Waals surface area contributed by atoms with Gasteiger partial charge in [-0.15, -0.1) is 0 Å². The third-order valence-corrected chi connectivity index (χ3v) is 4.12. The molecule has 3 heteroatoms. The molecular formula is C15H23NO2. The Morgan fingerprint density at radius 2 is 1.56 bits per heavy atom. The average Bonchev–Trinajstić information content (AvgIpc) is 2.27.